The summed E-state index contributed by atoms with van der Waals surface area (Å²) in [7, 11) is 0. The number of benzene rings is 1. The summed E-state index contributed by atoms with van der Waals surface area (Å²) in [5, 5.41) is 5.02. The van der Waals surface area contributed by atoms with E-state index in [1.165, 1.54) is 0 Å². The van der Waals surface area contributed by atoms with E-state index in [0.29, 0.717) is 0 Å². The molecule has 3 nitrogen and oxygen atoms in total. The number of aromatic nitrogens is 1. The number of nitrogens with one attached hydrogen (secondary N) is 2. The molecule has 0 fully saturated rings. The highest BCUT2D eigenvalue weighted by Crippen LogP contribution is 2.28. The first-order chi connectivity index (χ1) is 7.34. The number of fused-ring (bicyclic) bond motifs is 3. The predicted molar refractivity (Wildman–Crippen MR) is 59.4 cm³/mol. The third-order valence-corrected chi connectivity index (χ3v) is 2.34. The molecule has 0 amide bonds. The number of allylic oxidation sites excluding steroid dienone is 1. The van der Waals surface area contributed by atoms with Crippen LogP contribution in [0.1, 0.15) is 6.93 Å². The minimum atomic E-state index is 0.231. The van der Waals surface area contributed by atoms with Gasteiger partial charge in [-0.15, -0.1) is 0 Å². The van der Waals surface area contributed by atoms with E-state index >= 15 is 0 Å². The van der Waals surface area contributed by atoms with Crippen LogP contribution in [0.2, 0.25) is 0 Å². The summed E-state index contributed by atoms with van der Waals surface area (Å²) in [5.41, 5.74) is 5.99. The molecular formula is C11H9N3. The first-order valence-electron chi connectivity index (χ1n) is 4.93. The molecule has 0 spiro atoms. The summed E-state index contributed by atoms with van der Waals surface area (Å²) in [6.07, 6.45) is 5.70. The van der Waals surface area contributed by atoms with Crippen LogP contribution in [-0.4, -0.2) is 11.2 Å². The summed E-state index contributed by atoms with van der Waals surface area (Å²) < 4.78 is 7.45. The Bertz CT molecular complexity index is 581. The second kappa shape index (κ2) is 2.73. The molecule has 1 aliphatic heterocycles. The van der Waals surface area contributed by atoms with E-state index in [2.05, 4.69) is 15.5 Å². The van der Waals surface area contributed by atoms with Gasteiger partial charge in [0, 0.05) is 28.9 Å². The lowest BCUT2D eigenvalue weighted by atomic mass is 10.1. The lowest BCUT2D eigenvalue weighted by Gasteiger charge is -2.05. The highest BCUT2D eigenvalue weighted by Gasteiger charge is 2.06. The monoisotopic (exact) mass is 184 g/mol. The smallest absolute Gasteiger partial charge is 0.0859 e. The zero-order valence-corrected chi connectivity index (χ0v) is 7.41. The average Bonchev–Trinajstić information content (AvgIpc) is 2.64. The third kappa shape index (κ3) is 0.956. The van der Waals surface area contributed by atoms with Crippen LogP contribution >= 0.6 is 0 Å². The fraction of sp³-hybridized carbons (Fsp3) is 0. The van der Waals surface area contributed by atoms with Crippen LogP contribution in [0.15, 0.2) is 35.6 Å². The summed E-state index contributed by atoms with van der Waals surface area (Å²) >= 11 is 0. The van der Waals surface area contributed by atoms with E-state index in [-0.39, 0.29) is 6.19 Å². The molecule has 3 rings (SSSR count). The Labute approximate surface area is 82.5 Å². The number of hydrazone groups is 1. The first-order valence-corrected chi connectivity index (χ1v) is 4.43. The molecule has 3 heteroatoms. The van der Waals surface area contributed by atoms with Gasteiger partial charge in [0.25, 0.3) is 0 Å². The summed E-state index contributed by atoms with van der Waals surface area (Å²) in [5.74, 6) is 0. The molecule has 0 aliphatic carbocycles. The molecule has 1 aliphatic rings. The highest BCUT2D eigenvalue weighted by atomic mass is 15.3. The van der Waals surface area contributed by atoms with Crippen molar-refractivity contribution in [3.05, 3.63) is 36.0 Å². The molecule has 0 atom stereocenters. The van der Waals surface area contributed by atoms with Gasteiger partial charge in [-0.2, -0.15) is 5.10 Å². The van der Waals surface area contributed by atoms with Crippen LogP contribution in [0.25, 0.3) is 17.0 Å². The first kappa shape index (κ1) is 6.43. The van der Waals surface area contributed by atoms with Gasteiger partial charge in [0.05, 0.1) is 7.06 Å². The molecule has 0 bridgehead atoms. The number of aromatic amines is 1. The van der Waals surface area contributed by atoms with Crippen molar-refractivity contribution in [3.8, 4) is 0 Å². The predicted octanol–water partition coefficient (Wildman–Crippen LogP) is 2.59. The third-order valence-electron chi connectivity index (χ3n) is 2.34. The van der Waals surface area contributed by atoms with E-state index in [0.717, 1.165) is 22.2 Å². The van der Waals surface area contributed by atoms with E-state index in [1.54, 1.807) is 6.08 Å². The van der Waals surface area contributed by atoms with E-state index in [1.807, 2.05) is 30.5 Å². The standard InChI is InChI=1S/C11H9N3/c1-2-8-3-4-10-9(5-7-12-10)11(8)14-13-6-1/h1-7,12,14H/i6D. The van der Waals surface area contributed by atoms with E-state index in [9.17, 15) is 0 Å². The zero-order valence-electron chi connectivity index (χ0n) is 8.41. The molecule has 0 saturated heterocycles. The fourth-order valence-corrected chi connectivity index (χ4v) is 1.67. The van der Waals surface area contributed by atoms with Gasteiger partial charge in [-0.25, -0.2) is 0 Å². The molecule has 1 aromatic carbocycles. The minimum absolute atomic E-state index is 0.231. The van der Waals surface area contributed by atoms with Gasteiger partial charge in [-0.3, -0.25) is 5.43 Å². The van der Waals surface area contributed by atoms with Crippen molar-refractivity contribution in [1.82, 2.24) is 4.98 Å². The topological polar surface area (TPSA) is 40.2 Å². The van der Waals surface area contributed by atoms with Gasteiger partial charge in [0.2, 0.25) is 0 Å². The summed E-state index contributed by atoms with van der Waals surface area (Å²) in [6, 6.07) is 6.03. The average molecular weight is 184 g/mol. The maximum Gasteiger partial charge on any atom is 0.0859 e. The minimum Gasteiger partial charge on any atom is -0.361 e. The number of hydrogen-bond donors (Lipinski definition) is 2. The van der Waals surface area contributed by atoms with Crippen molar-refractivity contribution >= 4 is 28.9 Å². The van der Waals surface area contributed by atoms with Gasteiger partial charge >= 0.3 is 0 Å². The SMILES string of the molecule is [2H]C1=NNc2c(ccc3[nH]ccc23)C=C1. The van der Waals surface area contributed by atoms with Gasteiger partial charge in [-0.05, 0) is 18.2 Å². The quantitative estimate of drug-likeness (QED) is 0.649. The van der Waals surface area contributed by atoms with Crippen LogP contribution in [0.4, 0.5) is 5.69 Å². The number of H-pyrrole nitrogens is 1. The summed E-state index contributed by atoms with van der Waals surface area (Å²) in [6.45, 7) is 0. The normalized spacial score (nSPS) is 15.4. The van der Waals surface area contributed by atoms with Crippen molar-refractivity contribution < 1.29 is 1.37 Å². The second-order valence-corrected chi connectivity index (χ2v) is 3.15. The van der Waals surface area contributed by atoms with E-state index < -0.39 is 0 Å². The molecule has 0 saturated carbocycles. The Hall–Kier alpha value is -2.03. The Morgan fingerprint density at radius 3 is 3.29 bits per heavy atom. The number of nitrogens with zero attached hydrogens (tertiary/aromatic N) is 1. The van der Waals surface area contributed by atoms with Gasteiger partial charge in [-0.1, -0.05) is 12.1 Å². The van der Waals surface area contributed by atoms with Gasteiger partial charge in [0.15, 0.2) is 0 Å². The van der Waals surface area contributed by atoms with Crippen LogP contribution < -0.4 is 5.43 Å². The van der Waals surface area contributed by atoms with Crippen LogP contribution in [0.5, 0.6) is 0 Å². The maximum absolute atomic E-state index is 7.45. The van der Waals surface area contributed by atoms with Crippen LogP contribution in [0.3, 0.4) is 0 Å². The molecule has 0 radical (unpaired) electrons. The van der Waals surface area contributed by atoms with Crippen molar-refractivity contribution in [1.29, 1.82) is 0 Å². The Morgan fingerprint density at radius 2 is 2.29 bits per heavy atom. The maximum atomic E-state index is 7.45. The Morgan fingerprint density at radius 1 is 1.29 bits per heavy atom. The number of rotatable bonds is 0. The van der Waals surface area contributed by atoms with Crippen molar-refractivity contribution in [2.75, 3.05) is 5.43 Å². The molecule has 2 aromatic rings. The zero-order chi connectivity index (χ0) is 10.3. The number of anilines is 1. The molecule has 2 N–H and O–H groups in total. The lowest BCUT2D eigenvalue weighted by Crippen LogP contribution is -1.90. The van der Waals surface area contributed by atoms with Crippen LogP contribution in [0, 0.1) is 0 Å². The Kier molecular flexibility index (Phi) is 1.26. The molecule has 0 unspecified atom stereocenters. The molecule has 68 valence electrons. The van der Waals surface area contributed by atoms with Crippen molar-refractivity contribution in [3.63, 3.8) is 0 Å². The van der Waals surface area contributed by atoms with E-state index in [4.69, 9.17) is 1.37 Å². The number of hydrogen-bond acceptors (Lipinski definition) is 2. The largest absolute Gasteiger partial charge is 0.361 e. The molecule has 1 aromatic heterocycles. The highest BCUT2D eigenvalue weighted by molar-refractivity contribution is 5.98. The van der Waals surface area contributed by atoms with Gasteiger partial charge < -0.3 is 4.98 Å². The van der Waals surface area contributed by atoms with Crippen molar-refractivity contribution in [2.45, 2.75) is 0 Å². The Balaban J connectivity index is 2.31. The second-order valence-electron chi connectivity index (χ2n) is 3.15. The fourth-order valence-electron chi connectivity index (χ4n) is 1.67. The lowest BCUT2D eigenvalue weighted by molar-refractivity contribution is 1.37. The molecule has 2 heterocycles. The molecular weight excluding hydrogens is 174 g/mol. The van der Waals surface area contributed by atoms with Crippen molar-refractivity contribution in [2.24, 2.45) is 5.10 Å². The van der Waals surface area contributed by atoms with Gasteiger partial charge in [0.1, 0.15) is 0 Å². The summed E-state index contributed by atoms with van der Waals surface area (Å²) in [4.78, 5) is 3.14. The van der Waals surface area contributed by atoms with Crippen LogP contribution in [-0.2, 0) is 0 Å². The molecule has 14 heavy (non-hydrogen) atoms.